The Balaban J connectivity index is 2.92. The molecule has 0 aromatic carbocycles. The van der Waals surface area contributed by atoms with E-state index in [1.54, 1.807) is 17.8 Å². The summed E-state index contributed by atoms with van der Waals surface area (Å²) in [5, 5.41) is 8.98. The molecule has 1 aromatic rings. The predicted octanol–water partition coefficient (Wildman–Crippen LogP) is 2.26. The standard InChI is InChI=1S/C8H10ClN3S/c1-3-10-8(13-2)6-4-5-7(9)12-11-6/h4-5H,3H2,1-2H3. The summed E-state index contributed by atoms with van der Waals surface area (Å²) in [6, 6.07) is 3.53. The molecule has 0 atom stereocenters. The largest absolute Gasteiger partial charge is 0.276 e. The Morgan fingerprint density at radius 2 is 2.31 bits per heavy atom. The van der Waals surface area contributed by atoms with E-state index in [1.165, 1.54) is 0 Å². The zero-order chi connectivity index (χ0) is 9.68. The topological polar surface area (TPSA) is 38.1 Å². The molecule has 1 heterocycles. The molecule has 3 nitrogen and oxygen atoms in total. The third kappa shape index (κ3) is 2.97. The van der Waals surface area contributed by atoms with Gasteiger partial charge in [0.2, 0.25) is 0 Å². The van der Waals surface area contributed by atoms with Gasteiger partial charge in [0.15, 0.2) is 5.15 Å². The smallest absolute Gasteiger partial charge is 0.151 e. The molecule has 0 amide bonds. The molecule has 1 aromatic heterocycles. The molecule has 0 aliphatic carbocycles. The Morgan fingerprint density at radius 3 is 2.77 bits per heavy atom. The van der Waals surface area contributed by atoms with Crippen LogP contribution in [0.2, 0.25) is 5.15 Å². The first-order valence-corrected chi connectivity index (χ1v) is 5.46. The second kappa shape index (κ2) is 5.19. The number of halogens is 1. The molecule has 0 saturated heterocycles. The third-order valence-corrected chi connectivity index (χ3v) is 2.27. The van der Waals surface area contributed by atoms with Crippen molar-refractivity contribution in [2.75, 3.05) is 12.8 Å². The van der Waals surface area contributed by atoms with Gasteiger partial charge in [0, 0.05) is 6.54 Å². The summed E-state index contributed by atoms with van der Waals surface area (Å²) >= 11 is 7.17. The Hall–Kier alpha value is -0.610. The van der Waals surface area contributed by atoms with Crippen molar-refractivity contribution < 1.29 is 0 Å². The number of nitrogens with zero attached hydrogens (tertiary/aromatic N) is 3. The maximum atomic E-state index is 5.62. The van der Waals surface area contributed by atoms with E-state index >= 15 is 0 Å². The van der Waals surface area contributed by atoms with E-state index in [4.69, 9.17) is 11.6 Å². The average molecular weight is 216 g/mol. The predicted molar refractivity (Wildman–Crippen MR) is 57.6 cm³/mol. The summed E-state index contributed by atoms with van der Waals surface area (Å²) in [6.07, 6.45) is 1.96. The van der Waals surface area contributed by atoms with E-state index in [0.29, 0.717) is 5.15 Å². The molecule has 0 spiro atoms. The lowest BCUT2D eigenvalue weighted by Gasteiger charge is -1.99. The SMILES string of the molecule is CCN=C(SC)c1ccc(Cl)nn1. The van der Waals surface area contributed by atoms with Crippen molar-refractivity contribution in [1.82, 2.24) is 10.2 Å². The maximum absolute atomic E-state index is 5.62. The highest BCUT2D eigenvalue weighted by Gasteiger charge is 2.02. The van der Waals surface area contributed by atoms with E-state index in [-0.39, 0.29) is 0 Å². The summed E-state index contributed by atoms with van der Waals surface area (Å²) in [6.45, 7) is 2.74. The Kier molecular flexibility index (Phi) is 4.18. The summed E-state index contributed by atoms with van der Waals surface area (Å²) in [5.41, 5.74) is 0.777. The zero-order valence-electron chi connectivity index (χ0n) is 7.49. The van der Waals surface area contributed by atoms with E-state index in [1.807, 2.05) is 19.2 Å². The average Bonchev–Trinajstić information content (AvgIpc) is 2.16. The number of thioether (sulfide) groups is 1. The molecular formula is C8H10ClN3S. The van der Waals surface area contributed by atoms with Gasteiger partial charge in [-0.15, -0.1) is 22.0 Å². The Morgan fingerprint density at radius 1 is 1.54 bits per heavy atom. The van der Waals surface area contributed by atoms with Crippen molar-refractivity contribution in [1.29, 1.82) is 0 Å². The van der Waals surface area contributed by atoms with Gasteiger partial charge in [-0.05, 0) is 25.3 Å². The molecule has 13 heavy (non-hydrogen) atoms. The number of hydrogen-bond acceptors (Lipinski definition) is 4. The van der Waals surface area contributed by atoms with Crippen LogP contribution in [0, 0.1) is 0 Å². The molecule has 0 saturated carbocycles. The van der Waals surface area contributed by atoms with Crippen LogP contribution in [0.3, 0.4) is 0 Å². The molecule has 0 aliphatic heterocycles. The second-order valence-electron chi connectivity index (χ2n) is 2.22. The molecule has 1 rings (SSSR count). The highest BCUT2D eigenvalue weighted by molar-refractivity contribution is 8.13. The molecule has 0 aliphatic rings. The van der Waals surface area contributed by atoms with Gasteiger partial charge in [-0.1, -0.05) is 11.6 Å². The normalized spacial score (nSPS) is 11.8. The third-order valence-electron chi connectivity index (χ3n) is 1.35. The quantitative estimate of drug-likeness (QED) is 0.561. The maximum Gasteiger partial charge on any atom is 0.151 e. The number of aromatic nitrogens is 2. The van der Waals surface area contributed by atoms with Crippen LogP contribution in [-0.4, -0.2) is 28.0 Å². The van der Waals surface area contributed by atoms with Gasteiger partial charge in [0.05, 0.1) is 0 Å². The van der Waals surface area contributed by atoms with Gasteiger partial charge in [-0.2, -0.15) is 0 Å². The summed E-state index contributed by atoms with van der Waals surface area (Å²) < 4.78 is 0. The van der Waals surface area contributed by atoms with Crippen LogP contribution >= 0.6 is 23.4 Å². The fourth-order valence-electron chi connectivity index (χ4n) is 0.824. The van der Waals surface area contributed by atoms with E-state index in [9.17, 15) is 0 Å². The summed E-state index contributed by atoms with van der Waals surface area (Å²) in [4.78, 5) is 4.28. The van der Waals surface area contributed by atoms with Gasteiger partial charge in [0.1, 0.15) is 10.7 Å². The van der Waals surface area contributed by atoms with E-state index in [2.05, 4.69) is 15.2 Å². The molecule has 0 unspecified atom stereocenters. The van der Waals surface area contributed by atoms with Gasteiger partial charge in [-0.25, -0.2) is 0 Å². The molecule has 0 bridgehead atoms. The number of rotatable bonds is 2. The van der Waals surface area contributed by atoms with Crippen LogP contribution in [0.4, 0.5) is 0 Å². The van der Waals surface area contributed by atoms with Crippen molar-refractivity contribution >= 4 is 28.4 Å². The minimum Gasteiger partial charge on any atom is -0.276 e. The first kappa shape index (κ1) is 10.5. The zero-order valence-corrected chi connectivity index (χ0v) is 9.06. The number of hydrogen-bond donors (Lipinski definition) is 0. The Labute approximate surface area is 86.6 Å². The monoisotopic (exact) mass is 215 g/mol. The van der Waals surface area contributed by atoms with Gasteiger partial charge < -0.3 is 0 Å². The first-order chi connectivity index (χ1) is 6.27. The summed E-state index contributed by atoms with van der Waals surface area (Å²) in [7, 11) is 0. The van der Waals surface area contributed by atoms with Crippen LogP contribution in [0.1, 0.15) is 12.6 Å². The first-order valence-electron chi connectivity index (χ1n) is 3.86. The molecule has 0 fully saturated rings. The van der Waals surface area contributed by atoms with Crippen LogP contribution in [0.5, 0.6) is 0 Å². The van der Waals surface area contributed by atoms with Crippen molar-refractivity contribution in [3.05, 3.63) is 23.0 Å². The molecule has 0 N–H and O–H groups in total. The van der Waals surface area contributed by atoms with Crippen LogP contribution in [0.15, 0.2) is 17.1 Å². The van der Waals surface area contributed by atoms with Gasteiger partial charge in [-0.3, -0.25) is 4.99 Å². The second-order valence-corrected chi connectivity index (χ2v) is 3.41. The molecule has 70 valence electrons. The van der Waals surface area contributed by atoms with Crippen molar-refractivity contribution in [3.8, 4) is 0 Å². The lowest BCUT2D eigenvalue weighted by Crippen LogP contribution is -2.00. The fraction of sp³-hybridized carbons (Fsp3) is 0.375. The van der Waals surface area contributed by atoms with Gasteiger partial charge in [0.25, 0.3) is 0 Å². The molecule has 0 radical (unpaired) electrons. The van der Waals surface area contributed by atoms with Crippen molar-refractivity contribution in [2.45, 2.75) is 6.92 Å². The Bertz CT molecular complexity index is 297. The molecular weight excluding hydrogens is 206 g/mol. The molecule has 5 heteroatoms. The van der Waals surface area contributed by atoms with Crippen LogP contribution < -0.4 is 0 Å². The highest BCUT2D eigenvalue weighted by atomic mass is 35.5. The lowest BCUT2D eigenvalue weighted by molar-refractivity contribution is 1.01. The minimum atomic E-state index is 0.403. The lowest BCUT2D eigenvalue weighted by atomic mass is 10.4. The summed E-state index contributed by atoms with van der Waals surface area (Å²) in [5.74, 6) is 0. The van der Waals surface area contributed by atoms with Gasteiger partial charge >= 0.3 is 0 Å². The number of aliphatic imine (C=N–C) groups is 1. The minimum absolute atomic E-state index is 0.403. The van der Waals surface area contributed by atoms with Crippen LogP contribution in [-0.2, 0) is 0 Å². The van der Waals surface area contributed by atoms with E-state index < -0.39 is 0 Å². The van der Waals surface area contributed by atoms with Crippen molar-refractivity contribution in [2.24, 2.45) is 4.99 Å². The fourth-order valence-corrected chi connectivity index (χ4v) is 1.50. The van der Waals surface area contributed by atoms with E-state index in [0.717, 1.165) is 17.3 Å². The van der Waals surface area contributed by atoms with Crippen molar-refractivity contribution in [3.63, 3.8) is 0 Å². The van der Waals surface area contributed by atoms with Crippen LogP contribution in [0.25, 0.3) is 0 Å². The highest BCUT2D eigenvalue weighted by Crippen LogP contribution is 2.09.